The third kappa shape index (κ3) is 12.6. The zero-order valence-corrected chi connectivity index (χ0v) is 46.3. The summed E-state index contributed by atoms with van der Waals surface area (Å²) in [4.78, 5) is 25.8. The average Bonchev–Trinajstić information content (AvgIpc) is 3.68. The molecule has 0 saturated heterocycles. The van der Waals surface area contributed by atoms with Crippen LogP contribution >= 0.6 is 0 Å². The molecule has 0 fully saturated rings. The van der Waals surface area contributed by atoms with Gasteiger partial charge in [-0.25, -0.2) is 16.8 Å². The van der Waals surface area contributed by atoms with Crippen molar-refractivity contribution in [3.8, 4) is 5.75 Å². The Morgan fingerprint density at radius 2 is 1.36 bits per heavy atom. The molecule has 0 bridgehead atoms. The molecule has 13 nitrogen and oxygen atoms in total. The monoisotopic (exact) mass is 1040 g/mol. The number of carbonyl (C=O) groups excluding carboxylic acids is 1. The van der Waals surface area contributed by atoms with Crippen molar-refractivity contribution in [2.75, 3.05) is 34.8 Å². The number of ether oxygens (including phenoxy) is 1. The van der Waals surface area contributed by atoms with Gasteiger partial charge in [-0.15, -0.1) is 0 Å². The van der Waals surface area contributed by atoms with E-state index in [1.165, 1.54) is 0 Å². The molecule has 16 heteroatoms. The summed E-state index contributed by atoms with van der Waals surface area (Å²) in [5, 5.41) is 16.3. The number of nitrogens with one attached hydrogen (secondary N) is 1. The minimum absolute atomic E-state index is 0. The van der Waals surface area contributed by atoms with Gasteiger partial charge in [0.05, 0.1) is 32.1 Å². The number of nitrogens with zero attached hydrogens (tertiary/aromatic N) is 2. The predicted octanol–water partition coefficient (Wildman–Crippen LogP) is 7.51. The van der Waals surface area contributed by atoms with Crippen LogP contribution in [0.25, 0.3) is 21.5 Å². The van der Waals surface area contributed by atoms with Crippen LogP contribution in [0.5, 0.6) is 5.75 Å². The summed E-state index contributed by atoms with van der Waals surface area (Å²) < 4.78 is 78.7. The minimum atomic E-state index is -4.36. The summed E-state index contributed by atoms with van der Waals surface area (Å²) >= 11 is 0. The Balaban J connectivity index is 0.00000760. The van der Waals surface area contributed by atoms with Crippen molar-refractivity contribution in [2.45, 2.75) is 96.3 Å². The van der Waals surface area contributed by atoms with Crippen molar-refractivity contribution in [1.82, 2.24) is 0 Å². The van der Waals surface area contributed by atoms with E-state index < -0.39 is 54.4 Å². The van der Waals surface area contributed by atoms with E-state index in [-0.39, 0.29) is 77.1 Å². The van der Waals surface area contributed by atoms with Crippen molar-refractivity contribution in [3.05, 3.63) is 155 Å². The van der Waals surface area contributed by atoms with Gasteiger partial charge in [-0.1, -0.05) is 74.5 Å². The third-order valence-electron chi connectivity index (χ3n) is 13.8. The van der Waals surface area contributed by atoms with Gasteiger partial charge in [-0.05, 0) is 139 Å². The first-order chi connectivity index (χ1) is 33.7. The Bertz CT molecular complexity index is 3300. The first kappa shape index (κ1) is 55.0. The minimum Gasteiger partial charge on any atom is -0.748 e. The van der Waals surface area contributed by atoms with E-state index in [4.69, 9.17) is 9.84 Å². The summed E-state index contributed by atoms with van der Waals surface area (Å²) in [5.41, 5.74) is 7.85. The fourth-order valence-corrected chi connectivity index (χ4v) is 11.6. The van der Waals surface area contributed by atoms with Crippen LogP contribution in [0.2, 0.25) is 0 Å². The molecule has 0 aromatic heterocycles. The number of aliphatic carboxylic acids is 1. The molecule has 0 radical (unpaired) electrons. The third-order valence-corrected chi connectivity index (χ3v) is 15.4. The van der Waals surface area contributed by atoms with Crippen LogP contribution in [-0.4, -0.2) is 77.8 Å². The Morgan fingerprint density at radius 1 is 0.736 bits per heavy atom. The van der Waals surface area contributed by atoms with Crippen LogP contribution in [0, 0.1) is 0 Å². The molecule has 372 valence electrons. The standard InChI is InChI=1S/C56H61N3O10S2.K/c1-55(2)48(58(34-9-11-36-70(63,64)65)46-28-20-38-14-5-7-18-44(38)52(46)55)30-22-40-16-13-17-41(54(40)69-43-26-24-42(25-27-43)57-50(60)32-33-51(61)62)23-31-49-56(3,4)53-45-19-8-6-15-39(45)21-29-47(53)59(49)35-10-12-37-71(66,67)68;/h5-8,14-15,18-31H,9-13,16-17,32-37H2,1-4H3,(H3-,57,60,61,62,63,64,65,66,67,68);/q;+1/p-1. The van der Waals surface area contributed by atoms with E-state index in [0.717, 1.165) is 73.0 Å². The van der Waals surface area contributed by atoms with E-state index in [9.17, 15) is 35.5 Å². The summed E-state index contributed by atoms with van der Waals surface area (Å²) in [6, 6.07) is 31.9. The normalized spacial score (nSPS) is 17.5. The van der Waals surface area contributed by atoms with Crippen LogP contribution in [0.15, 0.2) is 144 Å². The Kier molecular flexibility index (Phi) is 17.4. The predicted molar refractivity (Wildman–Crippen MR) is 277 cm³/mol. The van der Waals surface area contributed by atoms with Crippen LogP contribution in [0.3, 0.4) is 0 Å². The summed E-state index contributed by atoms with van der Waals surface area (Å²) in [6.45, 7) is 9.79. The van der Waals surface area contributed by atoms with Gasteiger partial charge in [0.25, 0.3) is 0 Å². The number of carboxylic acids is 1. The number of carbonyl (C=O) groups is 2. The van der Waals surface area contributed by atoms with Gasteiger partial charge in [0, 0.05) is 71.1 Å². The number of hydrogen-bond donors (Lipinski definition) is 2. The molecule has 5 aromatic carbocycles. The number of amides is 1. The van der Waals surface area contributed by atoms with Gasteiger partial charge >= 0.3 is 57.4 Å². The number of fused-ring (bicyclic) bond motifs is 6. The summed E-state index contributed by atoms with van der Waals surface area (Å²) in [5.74, 6) is -1.14. The maximum absolute atomic E-state index is 12.5. The second-order valence-electron chi connectivity index (χ2n) is 19.6. The number of hydrogen-bond acceptors (Lipinski definition) is 10. The largest absolute Gasteiger partial charge is 1.00 e. The molecule has 0 spiro atoms. The van der Waals surface area contributed by atoms with E-state index in [1.807, 2.05) is 24.3 Å². The van der Waals surface area contributed by atoms with Crippen LogP contribution in [0.1, 0.15) is 96.6 Å². The van der Waals surface area contributed by atoms with Crippen LogP contribution < -0.4 is 66.3 Å². The molecular formula is C56H60KN3O10S2. The molecule has 2 N–H and O–H groups in total. The SMILES string of the molecule is CC1(C)C(/C=C/C2=C(Oc3ccc(NC(=O)CCC(=O)O)cc3)C(=C/C=C3/N(CCCCS(=O)(=O)[O-])c4ccc5ccccc5c4C3(C)C)/CCC2)=[N+](CCCCS(=O)(=O)[O-])c2ccc3ccccc3c21.[K+]. The van der Waals surface area contributed by atoms with Crippen LogP contribution in [-0.2, 0) is 40.7 Å². The van der Waals surface area contributed by atoms with Crippen molar-refractivity contribution in [2.24, 2.45) is 0 Å². The van der Waals surface area contributed by atoms with Crippen LogP contribution in [0.4, 0.5) is 17.1 Å². The molecule has 0 saturated carbocycles. The van der Waals surface area contributed by atoms with Gasteiger partial charge < -0.3 is 29.2 Å². The number of carboxylic acid groups (broad SMARTS) is 1. The van der Waals surface area contributed by atoms with Crippen molar-refractivity contribution in [1.29, 1.82) is 0 Å². The van der Waals surface area contributed by atoms with E-state index >= 15 is 0 Å². The maximum atomic E-state index is 12.5. The van der Waals surface area contributed by atoms with E-state index in [2.05, 4.69) is 115 Å². The Hall–Kier alpha value is -4.75. The summed E-state index contributed by atoms with van der Waals surface area (Å²) in [7, 11) is -8.73. The van der Waals surface area contributed by atoms with Gasteiger partial charge in [0.1, 0.15) is 18.1 Å². The zero-order chi connectivity index (χ0) is 50.7. The second kappa shape index (κ2) is 22.8. The first-order valence-electron chi connectivity index (χ1n) is 24.2. The smallest absolute Gasteiger partial charge is 0.748 e. The average molecular weight is 1040 g/mol. The maximum Gasteiger partial charge on any atom is 1.00 e. The molecule has 3 aliphatic rings. The van der Waals surface area contributed by atoms with Gasteiger partial charge in [-0.3, -0.25) is 9.59 Å². The van der Waals surface area contributed by atoms with E-state index in [0.29, 0.717) is 56.0 Å². The molecule has 8 rings (SSSR count). The fraction of sp³-hybridized carbons (Fsp3) is 0.339. The second-order valence-corrected chi connectivity index (χ2v) is 22.6. The number of allylic oxidation sites excluding steroid dienone is 7. The molecule has 1 amide bonds. The van der Waals surface area contributed by atoms with Crippen molar-refractivity contribution < 1.29 is 101 Å². The van der Waals surface area contributed by atoms with Gasteiger partial charge in [0.15, 0.2) is 5.71 Å². The summed E-state index contributed by atoms with van der Waals surface area (Å²) in [6.07, 6.45) is 11.7. The molecule has 1 aliphatic carbocycles. The Labute approximate surface area is 465 Å². The number of rotatable bonds is 19. The Morgan fingerprint density at radius 3 is 2.01 bits per heavy atom. The van der Waals surface area contributed by atoms with Crippen molar-refractivity contribution in [3.63, 3.8) is 0 Å². The molecule has 2 heterocycles. The number of anilines is 2. The van der Waals surface area contributed by atoms with Crippen molar-refractivity contribution >= 4 is 76.4 Å². The van der Waals surface area contributed by atoms with Gasteiger partial charge in [-0.2, -0.15) is 4.58 Å². The quantitative estimate of drug-likeness (QED) is 0.0360. The molecule has 2 aliphatic heterocycles. The van der Waals surface area contributed by atoms with E-state index in [1.54, 1.807) is 24.3 Å². The molecule has 0 unspecified atom stereocenters. The van der Waals surface area contributed by atoms with Gasteiger partial charge in [0.2, 0.25) is 11.6 Å². The fourth-order valence-electron chi connectivity index (χ4n) is 10.5. The first-order valence-corrected chi connectivity index (χ1v) is 27.3. The number of unbranched alkanes of at least 4 members (excludes halogenated alkanes) is 2. The molecule has 0 atom stereocenters. The molecule has 5 aromatic rings. The topological polar surface area (TPSA) is 196 Å². The molecule has 72 heavy (non-hydrogen) atoms. The number of benzene rings is 5. The molecular weight excluding hydrogens is 978 g/mol. The zero-order valence-electron chi connectivity index (χ0n) is 41.6.